The van der Waals surface area contributed by atoms with Gasteiger partial charge in [-0.1, -0.05) is 176 Å². The number of hydrogen-bond acceptors (Lipinski definition) is 4. The van der Waals surface area contributed by atoms with Crippen molar-refractivity contribution in [3.63, 3.8) is 0 Å². The van der Waals surface area contributed by atoms with Gasteiger partial charge in [0.1, 0.15) is 0 Å². The molecule has 2 heterocycles. The lowest BCUT2D eigenvalue weighted by molar-refractivity contribution is 0.801. The second kappa shape index (κ2) is 12.2. The Labute approximate surface area is 329 Å². The molecule has 8 aromatic carbocycles. The minimum absolute atomic E-state index is 0.468. The van der Waals surface area contributed by atoms with E-state index >= 15 is 0 Å². The molecular formula is C53H32N4. The van der Waals surface area contributed by atoms with E-state index in [0.29, 0.717) is 17.5 Å². The van der Waals surface area contributed by atoms with Crippen molar-refractivity contribution in [2.45, 2.75) is 5.41 Å². The summed E-state index contributed by atoms with van der Waals surface area (Å²) in [7, 11) is 0. The SMILES string of the molecule is c1ccc(-c2nc(-c3ccccc3)nc(-c3ccc4cc(-c5nc6ccccc6c6c5-c5ccccc5C65c6ccccc6-c6ccccc65)ccc4c3)n2)cc1. The van der Waals surface area contributed by atoms with Crippen molar-refractivity contribution in [3.8, 4) is 67.7 Å². The average Bonchev–Trinajstić information content (AvgIpc) is 3.77. The zero-order chi connectivity index (χ0) is 37.5. The number of nitrogens with zero attached hydrogens (tertiary/aromatic N) is 4. The van der Waals surface area contributed by atoms with Gasteiger partial charge in [0.15, 0.2) is 17.5 Å². The summed E-state index contributed by atoms with van der Waals surface area (Å²) in [6.45, 7) is 0. The van der Waals surface area contributed by atoms with Crippen LogP contribution in [0.2, 0.25) is 0 Å². The molecule has 0 saturated heterocycles. The van der Waals surface area contributed by atoms with Gasteiger partial charge in [-0.15, -0.1) is 0 Å². The highest BCUT2D eigenvalue weighted by Gasteiger charge is 2.53. The van der Waals surface area contributed by atoms with Crippen LogP contribution in [0, 0.1) is 0 Å². The molecule has 0 radical (unpaired) electrons. The highest BCUT2D eigenvalue weighted by molar-refractivity contribution is 6.07. The van der Waals surface area contributed by atoms with Crippen LogP contribution < -0.4 is 0 Å². The van der Waals surface area contributed by atoms with E-state index in [4.69, 9.17) is 19.9 Å². The first-order valence-electron chi connectivity index (χ1n) is 19.4. The molecule has 264 valence electrons. The van der Waals surface area contributed by atoms with E-state index in [2.05, 4.69) is 133 Å². The quantitative estimate of drug-likeness (QED) is 0.181. The van der Waals surface area contributed by atoms with Crippen LogP contribution in [-0.4, -0.2) is 19.9 Å². The Morgan fingerprint density at radius 2 is 0.789 bits per heavy atom. The van der Waals surface area contributed by atoms with Crippen LogP contribution in [0.5, 0.6) is 0 Å². The van der Waals surface area contributed by atoms with Gasteiger partial charge in [0.2, 0.25) is 0 Å². The Hall–Kier alpha value is -7.56. The second-order valence-corrected chi connectivity index (χ2v) is 14.9. The lowest BCUT2D eigenvalue weighted by Crippen LogP contribution is -2.26. The van der Waals surface area contributed by atoms with Gasteiger partial charge in [-0.25, -0.2) is 19.9 Å². The molecule has 0 atom stereocenters. The van der Waals surface area contributed by atoms with Gasteiger partial charge in [-0.2, -0.15) is 0 Å². The first-order chi connectivity index (χ1) is 28.3. The monoisotopic (exact) mass is 724 g/mol. The smallest absolute Gasteiger partial charge is 0.164 e. The molecule has 10 aromatic rings. The summed E-state index contributed by atoms with van der Waals surface area (Å²) in [5, 5.41) is 3.41. The van der Waals surface area contributed by atoms with Crippen LogP contribution >= 0.6 is 0 Å². The first-order valence-corrected chi connectivity index (χ1v) is 19.4. The summed E-state index contributed by atoms with van der Waals surface area (Å²) in [5.74, 6) is 1.94. The van der Waals surface area contributed by atoms with Crippen molar-refractivity contribution < 1.29 is 0 Å². The molecule has 1 spiro atoms. The Kier molecular flexibility index (Phi) is 6.81. The minimum Gasteiger partial charge on any atom is -0.247 e. The number of benzene rings is 8. The molecule has 2 aliphatic carbocycles. The van der Waals surface area contributed by atoms with Crippen molar-refractivity contribution >= 4 is 21.7 Å². The number of aromatic nitrogens is 4. The Bertz CT molecular complexity index is 3140. The zero-order valence-electron chi connectivity index (χ0n) is 30.8. The van der Waals surface area contributed by atoms with Crippen LogP contribution in [0.1, 0.15) is 22.3 Å². The molecule has 0 amide bonds. The van der Waals surface area contributed by atoms with Crippen molar-refractivity contribution in [1.82, 2.24) is 19.9 Å². The Morgan fingerprint density at radius 1 is 0.333 bits per heavy atom. The molecule has 2 aliphatic rings. The van der Waals surface area contributed by atoms with E-state index in [9.17, 15) is 0 Å². The fourth-order valence-electron chi connectivity index (χ4n) is 9.50. The van der Waals surface area contributed by atoms with Crippen molar-refractivity contribution in [1.29, 1.82) is 0 Å². The van der Waals surface area contributed by atoms with Gasteiger partial charge >= 0.3 is 0 Å². The Morgan fingerprint density at radius 3 is 1.40 bits per heavy atom. The molecule has 0 N–H and O–H groups in total. The lowest BCUT2D eigenvalue weighted by atomic mass is 9.69. The van der Waals surface area contributed by atoms with Crippen LogP contribution in [0.3, 0.4) is 0 Å². The number of rotatable bonds is 4. The fraction of sp³-hybridized carbons (Fsp3) is 0.0189. The summed E-state index contributed by atoms with van der Waals surface area (Å²) >= 11 is 0. The maximum atomic E-state index is 5.50. The van der Waals surface area contributed by atoms with E-state index in [1.807, 2.05) is 60.7 Å². The highest BCUT2D eigenvalue weighted by atomic mass is 15.0. The van der Waals surface area contributed by atoms with Crippen molar-refractivity contribution in [2.75, 3.05) is 0 Å². The molecule has 12 rings (SSSR count). The summed E-state index contributed by atoms with van der Waals surface area (Å²) in [6, 6.07) is 69.1. The predicted octanol–water partition coefficient (Wildman–Crippen LogP) is 12.6. The topological polar surface area (TPSA) is 51.6 Å². The largest absolute Gasteiger partial charge is 0.247 e. The predicted molar refractivity (Wildman–Crippen MR) is 231 cm³/mol. The number of hydrogen-bond donors (Lipinski definition) is 0. The van der Waals surface area contributed by atoms with Gasteiger partial charge in [-0.05, 0) is 67.9 Å². The van der Waals surface area contributed by atoms with Crippen LogP contribution in [0.25, 0.3) is 89.4 Å². The highest BCUT2D eigenvalue weighted by Crippen LogP contribution is 2.65. The minimum atomic E-state index is -0.468. The van der Waals surface area contributed by atoms with Crippen LogP contribution in [-0.2, 0) is 5.41 Å². The molecule has 0 fully saturated rings. The normalized spacial score (nSPS) is 13.1. The van der Waals surface area contributed by atoms with Gasteiger partial charge in [0.05, 0.1) is 16.6 Å². The summed E-state index contributed by atoms with van der Waals surface area (Å²) in [4.78, 5) is 20.4. The zero-order valence-corrected chi connectivity index (χ0v) is 30.8. The molecule has 0 unspecified atom stereocenters. The van der Waals surface area contributed by atoms with Gasteiger partial charge in [-0.3, -0.25) is 0 Å². The number of pyridine rings is 1. The summed E-state index contributed by atoms with van der Waals surface area (Å²) < 4.78 is 0. The van der Waals surface area contributed by atoms with E-state index in [1.54, 1.807) is 0 Å². The standard InChI is InChI=1S/C53H32N4/c1-3-15-33(16-4-1)50-55-51(34-17-5-2-6-18-34)57-52(56-50)38-30-28-35-31-37(29-27-36(35)32-38)49-47-41-21-9-13-25-45(41)53(48(47)42-22-10-14-26-46(42)54-49)43-23-11-7-19-39(43)40-20-8-12-24-44(40)53/h1-32H. The third-order valence-corrected chi connectivity index (χ3v) is 11.9. The van der Waals surface area contributed by atoms with Gasteiger partial charge in [0, 0.05) is 33.2 Å². The number of fused-ring (bicyclic) bond motifs is 13. The third kappa shape index (κ3) is 4.62. The maximum Gasteiger partial charge on any atom is 0.164 e. The fourth-order valence-corrected chi connectivity index (χ4v) is 9.50. The Balaban J connectivity index is 1.06. The van der Waals surface area contributed by atoms with Gasteiger partial charge < -0.3 is 0 Å². The van der Waals surface area contributed by atoms with Gasteiger partial charge in [0.25, 0.3) is 0 Å². The molecule has 57 heavy (non-hydrogen) atoms. The van der Waals surface area contributed by atoms with E-state index in [1.165, 1.54) is 49.9 Å². The average molecular weight is 725 g/mol. The van der Waals surface area contributed by atoms with Crippen molar-refractivity contribution in [3.05, 3.63) is 216 Å². The second-order valence-electron chi connectivity index (χ2n) is 14.9. The summed E-state index contributed by atoms with van der Waals surface area (Å²) in [6.07, 6.45) is 0. The molecule has 0 saturated carbocycles. The molecule has 0 aliphatic heterocycles. The third-order valence-electron chi connectivity index (χ3n) is 11.9. The summed E-state index contributed by atoms with van der Waals surface area (Å²) in [5.41, 5.74) is 15.8. The van der Waals surface area contributed by atoms with Crippen LogP contribution in [0.15, 0.2) is 194 Å². The van der Waals surface area contributed by atoms with E-state index < -0.39 is 5.41 Å². The molecular weight excluding hydrogens is 693 g/mol. The van der Waals surface area contributed by atoms with Crippen molar-refractivity contribution in [2.24, 2.45) is 0 Å². The maximum absolute atomic E-state index is 5.50. The molecule has 0 bridgehead atoms. The molecule has 4 nitrogen and oxygen atoms in total. The number of para-hydroxylation sites is 1. The van der Waals surface area contributed by atoms with E-state index in [0.717, 1.165) is 44.2 Å². The lowest BCUT2D eigenvalue weighted by Gasteiger charge is -2.31. The molecule has 4 heteroatoms. The van der Waals surface area contributed by atoms with Crippen LogP contribution in [0.4, 0.5) is 0 Å². The van der Waals surface area contributed by atoms with E-state index in [-0.39, 0.29) is 0 Å². The molecule has 2 aromatic heterocycles. The first kappa shape index (κ1) is 31.8.